The van der Waals surface area contributed by atoms with Crippen LogP contribution in [-0.4, -0.2) is 11.6 Å². The van der Waals surface area contributed by atoms with Crippen molar-refractivity contribution in [3.05, 3.63) is 48.0 Å². The van der Waals surface area contributed by atoms with E-state index in [2.05, 4.69) is 12.1 Å². The standard InChI is InChI=1S/C14H16O2/c1-12(15)11-14(16)10-6-5-9-13-7-3-2-4-8-13/h2-4,6-8,10H,5,9,11H2,1H3/b10-6+. The van der Waals surface area contributed by atoms with Crippen LogP contribution in [-0.2, 0) is 16.0 Å². The summed E-state index contributed by atoms with van der Waals surface area (Å²) in [5.41, 5.74) is 1.26. The number of allylic oxidation sites excluding steroid dienone is 2. The van der Waals surface area contributed by atoms with Crippen LogP contribution in [0.1, 0.15) is 25.3 Å². The van der Waals surface area contributed by atoms with Crippen LogP contribution in [0.3, 0.4) is 0 Å². The first-order valence-electron chi connectivity index (χ1n) is 5.41. The molecule has 1 aromatic carbocycles. The molecule has 16 heavy (non-hydrogen) atoms. The predicted octanol–water partition coefficient (Wildman–Crippen LogP) is 2.72. The second kappa shape index (κ2) is 6.72. The maximum absolute atomic E-state index is 11.2. The second-order valence-electron chi connectivity index (χ2n) is 3.77. The summed E-state index contributed by atoms with van der Waals surface area (Å²) < 4.78 is 0. The normalized spacial score (nSPS) is 10.6. The fraction of sp³-hybridized carbons (Fsp3) is 0.286. The lowest BCUT2D eigenvalue weighted by Crippen LogP contribution is -2.00. The molecule has 0 saturated heterocycles. The van der Waals surface area contributed by atoms with E-state index in [-0.39, 0.29) is 18.0 Å². The van der Waals surface area contributed by atoms with Crippen LogP contribution in [0.4, 0.5) is 0 Å². The van der Waals surface area contributed by atoms with Gasteiger partial charge in [-0.3, -0.25) is 9.59 Å². The zero-order valence-electron chi connectivity index (χ0n) is 9.48. The van der Waals surface area contributed by atoms with E-state index in [1.807, 2.05) is 24.3 Å². The summed E-state index contributed by atoms with van der Waals surface area (Å²) in [7, 11) is 0. The molecule has 2 heteroatoms. The number of carbonyl (C=O) groups is 2. The van der Waals surface area contributed by atoms with E-state index in [4.69, 9.17) is 0 Å². The highest BCUT2D eigenvalue weighted by molar-refractivity contribution is 6.03. The Balaban J connectivity index is 2.28. The van der Waals surface area contributed by atoms with E-state index >= 15 is 0 Å². The highest BCUT2D eigenvalue weighted by Crippen LogP contribution is 2.02. The number of hydrogen-bond donors (Lipinski definition) is 0. The third kappa shape index (κ3) is 5.25. The van der Waals surface area contributed by atoms with Gasteiger partial charge in [-0.15, -0.1) is 0 Å². The second-order valence-corrected chi connectivity index (χ2v) is 3.77. The lowest BCUT2D eigenvalue weighted by atomic mass is 10.1. The van der Waals surface area contributed by atoms with Crippen LogP contribution >= 0.6 is 0 Å². The van der Waals surface area contributed by atoms with E-state index in [0.29, 0.717) is 0 Å². The zero-order valence-corrected chi connectivity index (χ0v) is 9.48. The molecule has 0 fully saturated rings. The average molecular weight is 216 g/mol. The van der Waals surface area contributed by atoms with Gasteiger partial charge in [-0.25, -0.2) is 0 Å². The van der Waals surface area contributed by atoms with Gasteiger partial charge in [-0.2, -0.15) is 0 Å². The highest BCUT2D eigenvalue weighted by atomic mass is 16.1. The lowest BCUT2D eigenvalue weighted by molar-refractivity contribution is -0.123. The van der Waals surface area contributed by atoms with Gasteiger partial charge in [0.1, 0.15) is 5.78 Å². The number of Topliss-reactive ketones (excluding diaryl/α,β-unsaturated/α-hetero) is 1. The average Bonchev–Trinajstić information content (AvgIpc) is 2.25. The molecule has 0 unspecified atom stereocenters. The van der Waals surface area contributed by atoms with Crippen molar-refractivity contribution in [2.45, 2.75) is 26.2 Å². The van der Waals surface area contributed by atoms with Gasteiger partial charge in [0.2, 0.25) is 0 Å². The van der Waals surface area contributed by atoms with Gasteiger partial charge in [0.15, 0.2) is 5.78 Å². The molecule has 1 rings (SSSR count). The third-order valence-electron chi connectivity index (χ3n) is 2.17. The maximum Gasteiger partial charge on any atom is 0.162 e. The van der Waals surface area contributed by atoms with Crippen LogP contribution in [0.5, 0.6) is 0 Å². The Kier molecular flexibility index (Phi) is 5.20. The largest absolute Gasteiger partial charge is 0.300 e. The smallest absolute Gasteiger partial charge is 0.162 e. The Bertz CT molecular complexity index is 377. The van der Waals surface area contributed by atoms with Gasteiger partial charge in [-0.1, -0.05) is 36.4 Å². The van der Waals surface area contributed by atoms with Crippen LogP contribution < -0.4 is 0 Å². The van der Waals surface area contributed by atoms with Crippen molar-refractivity contribution >= 4 is 11.6 Å². The molecule has 0 heterocycles. The summed E-state index contributed by atoms with van der Waals surface area (Å²) in [6.45, 7) is 1.43. The van der Waals surface area contributed by atoms with E-state index in [1.165, 1.54) is 18.6 Å². The fourth-order valence-corrected chi connectivity index (χ4v) is 1.41. The molecule has 0 saturated carbocycles. The van der Waals surface area contributed by atoms with Crippen LogP contribution in [0.2, 0.25) is 0 Å². The summed E-state index contributed by atoms with van der Waals surface area (Å²) in [6, 6.07) is 10.1. The molecular weight excluding hydrogens is 200 g/mol. The van der Waals surface area contributed by atoms with E-state index < -0.39 is 0 Å². The first kappa shape index (κ1) is 12.4. The van der Waals surface area contributed by atoms with Crippen molar-refractivity contribution in [2.75, 3.05) is 0 Å². The van der Waals surface area contributed by atoms with Crippen molar-refractivity contribution in [3.8, 4) is 0 Å². The van der Waals surface area contributed by atoms with E-state index in [9.17, 15) is 9.59 Å². The zero-order chi connectivity index (χ0) is 11.8. The Labute approximate surface area is 96.0 Å². The van der Waals surface area contributed by atoms with Crippen molar-refractivity contribution in [1.29, 1.82) is 0 Å². The van der Waals surface area contributed by atoms with Gasteiger partial charge in [0.05, 0.1) is 6.42 Å². The molecule has 0 atom stereocenters. The maximum atomic E-state index is 11.2. The summed E-state index contributed by atoms with van der Waals surface area (Å²) >= 11 is 0. The molecule has 0 aliphatic heterocycles. The Hall–Kier alpha value is -1.70. The first-order chi connectivity index (χ1) is 7.68. The minimum atomic E-state index is -0.111. The van der Waals surface area contributed by atoms with Gasteiger partial charge in [0.25, 0.3) is 0 Å². The van der Waals surface area contributed by atoms with Crippen LogP contribution in [0.25, 0.3) is 0 Å². The number of carbonyl (C=O) groups excluding carboxylic acids is 2. The molecule has 0 amide bonds. The molecule has 0 N–H and O–H groups in total. The summed E-state index contributed by atoms with van der Waals surface area (Å²) in [6.07, 6.45) is 5.10. The van der Waals surface area contributed by atoms with Crippen LogP contribution in [0, 0.1) is 0 Å². The number of benzene rings is 1. The molecule has 0 spiro atoms. The topological polar surface area (TPSA) is 34.1 Å². The van der Waals surface area contributed by atoms with E-state index in [0.717, 1.165) is 12.8 Å². The Morgan fingerprint density at radius 1 is 1.19 bits per heavy atom. The molecule has 2 nitrogen and oxygen atoms in total. The highest BCUT2D eigenvalue weighted by Gasteiger charge is 1.99. The molecular formula is C14H16O2. The van der Waals surface area contributed by atoms with Gasteiger partial charge in [0, 0.05) is 0 Å². The Morgan fingerprint density at radius 3 is 2.50 bits per heavy atom. The fourth-order valence-electron chi connectivity index (χ4n) is 1.41. The molecule has 0 aliphatic rings. The summed E-state index contributed by atoms with van der Waals surface area (Å²) in [4.78, 5) is 21.8. The van der Waals surface area contributed by atoms with Gasteiger partial charge < -0.3 is 0 Å². The quantitative estimate of drug-likeness (QED) is 0.541. The minimum absolute atomic E-state index is 0.0157. The van der Waals surface area contributed by atoms with Crippen LogP contribution in [0.15, 0.2) is 42.5 Å². The SMILES string of the molecule is CC(=O)CC(=O)/C=C/CCc1ccccc1. The lowest BCUT2D eigenvalue weighted by Gasteiger charge is -1.96. The third-order valence-corrected chi connectivity index (χ3v) is 2.17. The molecule has 0 aromatic heterocycles. The van der Waals surface area contributed by atoms with Crippen molar-refractivity contribution in [2.24, 2.45) is 0 Å². The molecule has 1 aromatic rings. The number of aryl methyl sites for hydroxylation is 1. The van der Waals surface area contributed by atoms with Crippen molar-refractivity contribution in [1.82, 2.24) is 0 Å². The van der Waals surface area contributed by atoms with Crippen molar-refractivity contribution < 1.29 is 9.59 Å². The number of hydrogen-bond acceptors (Lipinski definition) is 2. The minimum Gasteiger partial charge on any atom is -0.300 e. The van der Waals surface area contributed by atoms with Gasteiger partial charge in [-0.05, 0) is 31.4 Å². The van der Waals surface area contributed by atoms with Crippen molar-refractivity contribution in [3.63, 3.8) is 0 Å². The molecule has 84 valence electrons. The molecule has 0 aliphatic carbocycles. The predicted molar refractivity (Wildman–Crippen MR) is 64.2 cm³/mol. The molecule has 0 bridgehead atoms. The monoisotopic (exact) mass is 216 g/mol. The van der Waals surface area contributed by atoms with Gasteiger partial charge >= 0.3 is 0 Å². The number of rotatable bonds is 6. The molecule has 0 radical (unpaired) electrons. The first-order valence-corrected chi connectivity index (χ1v) is 5.41. The summed E-state index contributed by atoms with van der Waals surface area (Å²) in [5.74, 6) is -0.196. The summed E-state index contributed by atoms with van der Waals surface area (Å²) in [5, 5.41) is 0. The Morgan fingerprint density at radius 2 is 1.88 bits per heavy atom. The number of ketones is 2. The van der Waals surface area contributed by atoms with E-state index in [1.54, 1.807) is 0 Å².